The molecule has 0 spiro atoms. The Labute approximate surface area is 87.5 Å². The lowest BCUT2D eigenvalue weighted by Gasteiger charge is -2.07. The molecule has 1 unspecified atom stereocenters. The van der Waals surface area contributed by atoms with E-state index in [1.807, 2.05) is 6.07 Å². The maximum absolute atomic E-state index is 9.26. The number of hydrogen-bond donors (Lipinski definition) is 2. The molecule has 0 aromatic heterocycles. The van der Waals surface area contributed by atoms with Gasteiger partial charge in [-0.15, -0.1) is 0 Å². The number of aliphatic hydroxyl groups excluding tert-OH is 2. The second kappa shape index (κ2) is 4.37. The minimum absolute atomic E-state index is 0.256. The van der Waals surface area contributed by atoms with Gasteiger partial charge >= 0.3 is 0 Å². The normalized spacial score (nSPS) is 13.0. The predicted molar refractivity (Wildman–Crippen MR) is 53.9 cm³/mol. The summed E-state index contributed by atoms with van der Waals surface area (Å²) in [5.74, 6) is 0. The Kier molecular flexibility index (Phi) is 3.71. The average molecular weight is 296 g/mol. The van der Waals surface area contributed by atoms with Crippen LogP contribution in [0.25, 0.3) is 0 Å². The fourth-order valence-electron chi connectivity index (χ4n) is 0.825. The van der Waals surface area contributed by atoms with Gasteiger partial charge in [-0.3, -0.25) is 0 Å². The van der Waals surface area contributed by atoms with Gasteiger partial charge in [0.1, 0.15) is 6.10 Å². The molecule has 0 aliphatic carbocycles. The largest absolute Gasteiger partial charge is 0.393 e. The number of hydrogen-bond acceptors (Lipinski definition) is 2. The molecule has 0 radical (unpaired) electrons. The summed E-state index contributed by atoms with van der Waals surface area (Å²) in [7, 11) is 0. The molecule has 0 saturated carbocycles. The standard InChI is InChI=1S/C8H8Br2O2/c9-6-2-1-5(3-7(6)10)8(12)4-11/h1-3,8,11-12H,4H2. The first-order chi connectivity index (χ1) is 5.65. The van der Waals surface area contributed by atoms with E-state index >= 15 is 0 Å². The van der Waals surface area contributed by atoms with Gasteiger partial charge in [-0.05, 0) is 49.6 Å². The van der Waals surface area contributed by atoms with Crippen LogP contribution in [0.15, 0.2) is 27.1 Å². The zero-order valence-corrected chi connectivity index (χ0v) is 9.34. The molecule has 1 atom stereocenters. The van der Waals surface area contributed by atoms with Gasteiger partial charge in [0.25, 0.3) is 0 Å². The van der Waals surface area contributed by atoms with Crippen LogP contribution in [0.4, 0.5) is 0 Å². The number of benzene rings is 1. The molecule has 0 saturated heterocycles. The second-order valence-corrected chi connectivity index (χ2v) is 4.08. The molecule has 0 aliphatic rings. The van der Waals surface area contributed by atoms with Crippen LogP contribution in [0.3, 0.4) is 0 Å². The van der Waals surface area contributed by atoms with Crippen molar-refractivity contribution >= 4 is 31.9 Å². The molecular formula is C8H8Br2O2. The van der Waals surface area contributed by atoms with E-state index in [0.717, 1.165) is 8.95 Å². The monoisotopic (exact) mass is 294 g/mol. The molecule has 0 heterocycles. The number of halogens is 2. The molecule has 2 N–H and O–H groups in total. The summed E-state index contributed by atoms with van der Waals surface area (Å²) in [6.45, 7) is -0.256. The summed E-state index contributed by atoms with van der Waals surface area (Å²) in [5.41, 5.74) is 0.701. The third-order valence-corrected chi connectivity index (χ3v) is 3.38. The first-order valence-electron chi connectivity index (χ1n) is 3.39. The fourth-order valence-corrected chi connectivity index (χ4v) is 1.47. The van der Waals surface area contributed by atoms with Crippen molar-refractivity contribution in [1.82, 2.24) is 0 Å². The van der Waals surface area contributed by atoms with Gasteiger partial charge in [-0.25, -0.2) is 0 Å². The van der Waals surface area contributed by atoms with Crippen molar-refractivity contribution in [3.05, 3.63) is 32.7 Å². The predicted octanol–water partition coefficient (Wildman–Crippen LogP) is 2.24. The van der Waals surface area contributed by atoms with Gasteiger partial charge < -0.3 is 10.2 Å². The van der Waals surface area contributed by atoms with Crippen LogP contribution in [-0.4, -0.2) is 16.8 Å². The van der Waals surface area contributed by atoms with Crippen LogP contribution in [0.5, 0.6) is 0 Å². The Morgan fingerprint density at radius 3 is 2.42 bits per heavy atom. The van der Waals surface area contributed by atoms with Crippen molar-refractivity contribution in [2.75, 3.05) is 6.61 Å². The highest BCUT2D eigenvalue weighted by atomic mass is 79.9. The van der Waals surface area contributed by atoms with Crippen molar-refractivity contribution in [2.24, 2.45) is 0 Å². The molecule has 1 aromatic rings. The first-order valence-corrected chi connectivity index (χ1v) is 4.97. The molecule has 0 aliphatic heterocycles. The van der Waals surface area contributed by atoms with E-state index in [1.54, 1.807) is 12.1 Å². The third kappa shape index (κ3) is 2.29. The zero-order chi connectivity index (χ0) is 9.14. The Bertz CT molecular complexity index is 276. The molecule has 4 heteroatoms. The van der Waals surface area contributed by atoms with Crippen molar-refractivity contribution < 1.29 is 10.2 Å². The summed E-state index contributed by atoms with van der Waals surface area (Å²) < 4.78 is 1.80. The van der Waals surface area contributed by atoms with E-state index in [9.17, 15) is 5.11 Å². The van der Waals surface area contributed by atoms with Gasteiger partial charge in [0.15, 0.2) is 0 Å². The van der Waals surface area contributed by atoms with Crippen LogP contribution in [0, 0.1) is 0 Å². The Hall–Kier alpha value is 0.1000. The Balaban J connectivity index is 2.96. The van der Waals surface area contributed by atoms with Crippen molar-refractivity contribution in [3.8, 4) is 0 Å². The van der Waals surface area contributed by atoms with E-state index in [-0.39, 0.29) is 6.61 Å². The molecule has 12 heavy (non-hydrogen) atoms. The van der Waals surface area contributed by atoms with E-state index < -0.39 is 6.10 Å². The molecular weight excluding hydrogens is 288 g/mol. The van der Waals surface area contributed by atoms with Crippen LogP contribution in [0.2, 0.25) is 0 Å². The van der Waals surface area contributed by atoms with Crippen LogP contribution >= 0.6 is 31.9 Å². The lowest BCUT2D eigenvalue weighted by atomic mass is 10.1. The van der Waals surface area contributed by atoms with Gasteiger partial charge in [0.05, 0.1) is 6.61 Å². The van der Waals surface area contributed by atoms with Gasteiger partial charge in [-0.1, -0.05) is 6.07 Å². The van der Waals surface area contributed by atoms with E-state index in [4.69, 9.17) is 5.11 Å². The van der Waals surface area contributed by atoms with Crippen molar-refractivity contribution in [3.63, 3.8) is 0 Å². The lowest BCUT2D eigenvalue weighted by Crippen LogP contribution is -2.01. The highest BCUT2D eigenvalue weighted by Gasteiger charge is 2.06. The van der Waals surface area contributed by atoms with E-state index in [1.165, 1.54) is 0 Å². The van der Waals surface area contributed by atoms with E-state index in [0.29, 0.717) is 5.56 Å². The molecule has 0 amide bonds. The molecule has 1 rings (SSSR count). The van der Waals surface area contributed by atoms with Crippen molar-refractivity contribution in [2.45, 2.75) is 6.10 Å². The Morgan fingerprint density at radius 1 is 1.25 bits per heavy atom. The summed E-state index contributed by atoms with van der Waals surface area (Å²) >= 11 is 6.61. The first kappa shape index (κ1) is 10.2. The van der Waals surface area contributed by atoms with Gasteiger partial charge in [-0.2, -0.15) is 0 Å². The zero-order valence-electron chi connectivity index (χ0n) is 6.17. The summed E-state index contributed by atoms with van der Waals surface area (Å²) in [4.78, 5) is 0. The molecule has 0 fully saturated rings. The second-order valence-electron chi connectivity index (χ2n) is 2.37. The molecule has 0 bridgehead atoms. The quantitative estimate of drug-likeness (QED) is 0.878. The number of rotatable bonds is 2. The fraction of sp³-hybridized carbons (Fsp3) is 0.250. The topological polar surface area (TPSA) is 40.5 Å². The highest BCUT2D eigenvalue weighted by Crippen LogP contribution is 2.26. The molecule has 1 aromatic carbocycles. The van der Waals surface area contributed by atoms with Crippen molar-refractivity contribution in [1.29, 1.82) is 0 Å². The minimum Gasteiger partial charge on any atom is -0.393 e. The highest BCUT2D eigenvalue weighted by molar-refractivity contribution is 9.13. The smallest absolute Gasteiger partial charge is 0.102 e. The van der Waals surface area contributed by atoms with Crippen LogP contribution in [0.1, 0.15) is 11.7 Å². The van der Waals surface area contributed by atoms with E-state index in [2.05, 4.69) is 31.9 Å². The van der Waals surface area contributed by atoms with Gasteiger partial charge in [0, 0.05) is 8.95 Å². The maximum Gasteiger partial charge on any atom is 0.102 e. The SMILES string of the molecule is OCC(O)c1ccc(Br)c(Br)c1. The minimum atomic E-state index is -0.797. The summed E-state index contributed by atoms with van der Waals surface area (Å²) in [6, 6.07) is 5.35. The molecule has 2 nitrogen and oxygen atoms in total. The lowest BCUT2D eigenvalue weighted by molar-refractivity contribution is 0.0955. The average Bonchev–Trinajstić information content (AvgIpc) is 2.08. The summed E-state index contributed by atoms with van der Waals surface area (Å²) in [5, 5.41) is 17.9. The van der Waals surface area contributed by atoms with Crippen LogP contribution in [-0.2, 0) is 0 Å². The van der Waals surface area contributed by atoms with Crippen LogP contribution < -0.4 is 0 Å². The Morgan fingerprint density at radius 2 is 1.92 bits per heavy atom. The van der Waals surface area contributed by atoms with Gasteiger partial charge in [0.2, 0.25) is 0 Å². The maximum atomic E-state index is 9.26. The third-order valence-electron chi connectivity index (χ3n) is 1.50. The number of aliphatic hydroxyl groups is 2. The summed E-state index contributed by atoms with van der Waals surface area (Å²) in [6.07, 6.45) is -0.797. The molecule has 66 valence electrons.